The number of benzene rings is 1. The number of nitrogens with one attached hydrogen (secondary N) is 1. The summed E-state index contributed by atoms with van der Waals surface area (Å²) in [5.74, 6) is 1.54. The molecule has 0 saturated carbocycles. The maximum atomic E-state index is 6.06. The summed E-state index contributed by atoms with van der Waals surface area (Å²) in [5.41, 5.74) is 2.78. The zero-order chi connectivity index (χ0) is 12.7. The van der Waals surface area contributed by atoms with E-state index in [0.717, 1.165) is 26.1 Å². The van der Waals surface area contributed by atoms with E-state index in [4.69, 9.17) is 16.3 Å². The summed E-state index contributed by atoms with van der Waals surface area (Å²) in [7, 11) is 0. The van der Waals surface area contributed by atoms with Gasteiger partial charge < -0.3 is 10.1 Å². The third-order valence-electron chi connectivity index (χ3n) is 2.75. The molecule has 3 rings (SSSR count). The summed E-state index contributed by atoms with van der Waals surface area (Å²) < 4.78 is 6.95. The molecule has 0 aliphatic carbocycles. The van der Waals surface area contributed by atoms with Crippen LogP contribution in [0.2, 0.25) is 5.15 Å². The van der Waals surface area contributed by atoms with Gasteiger partial charge in [-0.05, 0) is 47.2 Å². The molecule has 2 aromatic rings. The molecule has 0 spiro atoms. The van der Waals surface area contributed by atoms with Gasteiger partial charge in [0.2, 0.25) is 0 Å². The van der Waals surface area contributed by atoms with Crippen molar-refractivity contribution in [3.05, 3.63) is 38.3 Å². The Balaban J connectivity index is 2.15. The van der Waals surface area contributed by atoms with E-state index >= 15 is 0 Å². The number of rotatable bonds is 0. The van der Waals surface area contributed by atoms with Crippen molar-refractivity contribution in [2.24, 2.45) is 0 Å². The minimum atomic E-state index is 0.371. The Morgan fingerprint density at radius 3 is 3.06 bits per heavy atom. The quantitative estimate of drug-likeness (QED) is 0.565. The van der Waals surface area contributed by atoms with Gasteiger partial charge in [-0.2, -0.15) is 0 Å². The maximum absolute atomic E-state index is 6.06. The molecular weight excluding hydrogens is 365 g/mol. The van der Waals surface area contributed by atoms with E-state index in [2.05, 4.69) is 43.9 Å². The molecule has 0 amide bonds. The fraction of sp³-hybridized carbons (Fsp3) is 0.167. The molecule has 0 bridgehead atoms. The van der Waals surface area contributed by atoms with Crippen molar-refractivity contribution in [1.29, 1.82) is 0 Å². The fourth-order valence-electron chi connectivity index (χ4n) is 1.91. The first-order valence-electron chi connectivity index (χ1n) is 5.34. The molecule has 18 heavy (non-hydrogen) atoms. The van der Waals surface area contributed by atoms with Gasteiger partial charge >= 0.3 is 0 Å². The van der Waals surface area contributed by atoms with Gasteiger partial charge in [0.05, 0.1) is 11.3 Å². The SMILES string of the molecule is Cc1cc(I)cc2c1OCc1c(Cl)ncnc1N2. The Labute approximate surface area is 123 Å². The first kappa shape index (κ1) is 12.0. The van der Waals surface area contributed by atoms with Gasteiger partial charge in [-0.1, -0.05) is 11.6 Å². The molecule has 1 aromatic carbocycles. The second-order valence-corrected chi connectivity index (χ2v) is 5.61. The Morgan fingerprint density at radius 1 is 1.39 bits per heavy atom. The van der Waals surface area contributed by atoms with Crippen LogP contribution < -0.4 is 10.1 Å². The minimum Gasteiger partial charge on any atom is -0.486 e. The molecule has 0 saturated heterocycles. The summed E-state index contributed by atoms with van der Waals surface area (Å²) in [5, 5.41) is 3.68. The second-order valence-electron chi connectivity index (χ2n) is 4.00. The third-order valence-corrected chi connectivity index (χ3v) is 3.69. The van der Waals surface area contributed by atoms with Gasteiger partial charge in [0.1, 0.15) is 29.7 Å². The number of ether oxygens (including phenoxy) is 1. The molecule has 1 aliphatic heterocycles. The Kier molecular flexibility index (Phi) is 3.03. The van der Waals surface area contributed by atoms with Crippen LogP contribution in [-0.4, -0.2) is 9.97 Å². The van der Waals surface area contributed by atoms with E-state index in [1.165, 1.54) is 6.33 Å². The second kappa shape index (κ2) is 4.55. The first-order chi connectivity index (χ1) is 8.65. The average molecular weight is 374 g/mol. The molecule has 4 nitrogen and oxygen atoms in total. The molecule has 6 heteroatoms. The summed E-state index contributed by atoms with van der Waals surface area (Å²) in [6.07, 6.45) is 1.44. The number of aryl methyl sites for hydroxylation is 1. The molecule has 2 heterocycles. The van der Waals surface area contributed by atoms with Crippen LogP contribution in [0.5, 0.6) is 5.75 Å². The van der Waals surface area contributed by atoms with Crippen molar-refractivity contribution >= 4 is 45.7 Å². The molecule has 1 aromatic heterocycles. The third kappa shape index (κ3) is 2.01. The highest BCUT2D eigenvalue weighted by Gasteiger charge is 2.19. The van der Waals surface area contributed by atoms with E-state index in [1.54, 1.807) is 0 Å². The molecule has 1 N–H and O–H groups in total. The molecule has 1 aliphatic rings. The van der Waals surface area contributed by atoms with Crippen molar-refractivity contribution in [1.82, 2.24) is 9.97 Å². The van der Waals surface area contributed by atoms with Crippen molar-refractivity contribution in [2.75, 3.05) is 5.32 Å². The van der Waals surface area contributed by atoms with Gasteiger partial charge in [0, 0.05) is 3.57 Å². The van der Waals surface area contributed by atoms with Crippen LogP contribution >= 0.6 is 34.2 Å². The zero-order valence-electron chi connectivity index (χ0n) is 9.50. The van der Waals surface area contributed by atoms with Crippen LogP contribution in [0.1, 0.15) is 11.1 Å². The van der Waals surface area contributed by atoms with E-state index < -0.39 is 0 Å². The van der Waals surface area contributed by atoms with Crippen molar-refractivity contribution < 1.29 is 4.74 Å². The number of halogens is 2. The first-order valence-corrected chi connectivity index (χ1v) is 6.80. The fourth-order valence-corrected chi connectivity index (χ4v) is 2.88. The van der Waals surface area contributed by atoms with E-state index in [0.29, 0.717) is 17.6 Å². The summed E-state index contributed by atoms with van der Waals surface area (Å²) in [6.45, 7) is 2.39. The Bertz CT molecular complexity index is 633. The van der Waals surface area contributed by atoms with Crippen LogP contribution in [0.4, 0.5) is 11.5 Å². The molecule has 0 atom stereocenters. The predicted molar refractivity (Wildman–Crippen MR) is 78.6 cm³/mol. The van der Waals surface area contributed by atoms with E-state index in [-0.39, 0.29) is 0 Å². The predicted octanol–water partition coefficient (Wildman–Crippen LogP) is 3.68. The highest BCUT2D eigenvalue weighted by molar-refractivity contribution is 14.1. The van der Waals surface area contributed by atoms with Gasteiger partial charge in [-0.3, -0.25) is 0 Å². The number of hydrogen-bond donors (Lipinski definition) is 1. The molecule has 0 radical (unpaired) electrons. The van der Waals surface area contributed by atoms with Crippen molar-refractivity contribution in [3.63, 3.8) is 0 Å². The lowest BCUT2D eigenvalue weighted by Gasteiger charge is -2.11. The Morgan fingerprint density at radius 2 is 2.22 bits per heavy atom. The molecule has 92 valence electrons. The number of aromatic nitrogens is 2. The molecule has 0 fully saturated rings. The smallest absolute Gasteiger partial charge is 0.146 e. The van der Waals surface area contributed by atoms with Crippen LogP contribution in [0.3, 0.4) is 0 Å². The zero-order valence-corrected chi connectivity index (χ0v) is 12.4. The standard InChI is InChI=1S/C12H9ClIN3O/c1-6-2-7(14)3-9-10(6)18-4-8-11(13)15-5-16-12(8)17-9/h2-3,5H,4H2,1H3,(H,15,16,17). The number of nitrogens with zero attached hydrogens (tertiary/aromatic N) is 2. The van der Waals surface area contributed by atoms with E-state index in [1.807, 2.05) is 13.0 Å². The lowest BCUT2D eigenvalue weighted by Crippen LogP contribution is -1.99. The number of fused-ring (bicyclic) bond motifs is 2. The summed E-state index contributed by atoms with van der Waals surface area (Å²) >= 11 is 8.33. The van der Waals surface area contributed by atoms with Crippen LogP contribution in [0.15, 0.2) is 18.5 Å². The largest absolute Gasteiger partial charge is 0.486 e. The topological polar surface area (TPSA) is 47.0 Å². The Hall–Kier alpha value is -1.08. The minimum absolute atomic E-state index is 0.371. The maximum Gasteiger partial charge on any atom is 0.146 e. The summed E-state index contributed by atoms with van der Waals surface area (Å²) in [6, 6.07) is 4.10. The van der Waals surface area contributed by atoms with Gasteiger partial charge in [0.15, 0.2) is 0 Å². The lowest BCUT2D eigenvalue weighted by molar-refractivity contribution is 0.308. The highest BCUT2D eigenvalue weighted by atomic mass is 127. The highest BCUT2D eigenvalue weighted by Crippen LogP contribution is 2.37. The van der Waals surface area contributed by atoms with Crippen molar-refractivity contribution in [2.45, 2.75) is 13.5 Å². The summed E-state index contributed by atoms with van der Waals surface area (Å²) in [4.78, 5) is 8.18. The number of anilines is 2. The molecular formula is C12H9ClIN3O. The van der Waals surface area contributed by atoms with Crippen LogP contribution in [-0.2, 0) is 6.61 Å². The van der Waals surface area contributed by atoms with Gasteiger partial charge in [0.25, 0.3) is 0 Å². The van der Waals surface area contributed by atoms with Crippen LogP contribution in [0, 0.1) is 10.5 Å². The average Bonchev–Trinajstić information content (AvgIpc) is 2.48. The molecule has 0 unspecified atom stereocenters. The van der Waals surface area contributed by atoms with Gasteiger partial charge in [-0.15, -0.1) is 0 Å². The van der Waals surface area contributed by atoms with Crippen molar-refractivity contribution in [3.8, 4) is 5.75 Å². The monoisotopic (exact) mass is 373 g/mol. The number of hydrogen-bond acceptors (Lipinski definition) is 4. The van der Waals surface area contributed by atoms with Gasteiger partial charge in [-0.25, -0.2) is 9.97 Å². The van der Waals surface area contributed by atoms with E-state index in [9.17, 15) is 0 Å². The normalized spacial score (nSPS) is 12.8. The van der Waals surface area contributed by atoms with Crippen LogP contribution in [0.25, 0.3) is 0 Å². The lowest BCUT2D eigenvalue weighted by atomic mass is 10.2.